The molecule has 0 aliphatic carbocycles. The van der Waals surface area contributed by atoms with Crippen molar-refractivity contribution in [3.8, 4) is 33.4 Å². The molecule has 0 saturated heterocycles. The third-order valence-corrected chi connectivity index (χ3v) is 12.4. The van der Waals surface area contributed by atoms with E-state index in [1.54, 1.807) is 0 Å². The van der Waals surface area contributed by atoms with E-state index < -0.39 is 0 Å². The number of anilines is 3. The quantitative estimate of drug-likeness (QED) is 0.154. The largest absolute Gasteiger partial charge is 0.309 e. The Morgan fingerprint density at radius 1 is 0.304 bits per heavy atom. The van der Waals surface area contributed by atoms with E-state index in [9.17, 15) is 0 Å². The Morgan fingerprint density at radius 3 is 1.59 bits per heavy atom. The third kappa shape index (κ3) is 5.30. The van der Waals surface area contributed by atoms with Crippen molar-refractivity contribution in [2.75, 3.05) is 4.90 Å². The average Bonchev–Trinajstić information content (AvgIpc) is 3.65. The first-order valence-electron chi connectivity index (χ1n) is 19.2. The maximum absolute atomic E-state index is 2.52. The van der Waals surface area contributed by atoms with Crippen molar-refractivity contribution in [2.24, 2.45) is 0 Å². The second-order valence-electron chi connectivity index (χ2n) is 14.4. The molecule has 0 atom stereocenters. The van der Waals surface area contributed by atoms with Crippen LogP contribution in [0.3, 0.4) is 0 Å². The molecule has 0 N–H and O–H groups in total. The van der Waals surface area contributed by atoms with Crippen LogP contribution in [-0.4, -0.2) is 0 Å². The van der Waals surface area contributed by atoms with Crippen LogP contribution in [-0.2, 0) is 0 Å². The van der Waals surface area contributed by atoms with Crippen LogP contribution >= 0.6 is 11.3 Å². The van der Waals surface area contributed by atoms with E-state index in [-0.39, 0.29) is 0 Å². The van der Waals surface area contributed by atoms with Gasteiger partial charge in [0, 0.05) is 42.5 Å². The minimum atomic E-state index is 1.10. The lowest BCUT2D eigenvalue weighted by Gasteiger charge is -2.31. The van der Waals surface area contributed by atoms with Crippen LogP contribution in [0.5, 0.6) is 0 Å². The van der Waals surface area contributed by atoms with Gasteiger partial charge in [-0.1, -0.05) is 176 Å². The standard InChI is InChI=1S/C54H35NS/c1-2-15-36(16-3-1)41-19-6-7-20-42(41)38-29-31-39(32-30-38)55(40-33-34-52-50(35-40)46-24-12-13-28-51(46)56-52)54-49-26-11-9-23-45(49)44-22-8-10-25-48(44)53(54)47-27-14-18-37-17-4-5-21-43(37)47/h1-35H. The van der Waals surface area contributed by atoms with E-state index in [1.807, 2.05) is 11.3 Å². The van der Waals surface area contributed by atoms with E-state index in [1.165, 1.54) is 91.6 Å². The van der Waals surface area contributed by atoms with Crippen LogP contribution in [0.15, 0.2) is 212 Å². The van der Waals surface area contributed by atoms with Crippen molar-refractivity contribution in [2.45, 2.75) is 0 Å². The minimum absolute atomic E-state index is 1.10. The van der Waals surface area contributed by atoms with E-state index >= 15 is 0 Å². The first-order chi connectivity index (χ1) is 27.8. The van der Waals surface area contributed by atoms with E-state index in [0.29, 0.717) is 0 Å². The lowest BCUT2D eigenvalue weighted by atomic mass is 9.88. The Balaban J connectivity index is 1.23. The zero-order valence-corrected chi connectivity index (χ0v) is 31.4. The zero-order valence-electron chi connectivity index (χ0n) is 30.6. The molecule has 0 amide bonds. The first-order valence-corrected chi connectivity index (χ1v) is 20.0. The van der Waals surface area contributed by atoms with E-state index in [2.05, 4.69) is 217 Å². The number of nitrogens with zero attached hydrogens (tertiary/aromatic N) is 1. The number of rotatable bonds is 6. The summed E-state index contributed by atoms with van der Waals surface area (Å²) in [5.41, 5.74) is 10.7. The highest BCUT2D eigenvalue weighted by molar-refractivity contribution is 7.25. The molecule has 0 saturated carbocycles. The highest BCUT2D eigenvalue weighted by Crippen LogP contribution is 2.51. The molecule has 262 valence electrons. The summed E-state index contributed by atoms with van der Waals surface area (Å²) < 4.78 is 2.60. The summed E-state index contributed by atoms with van der Waals surface area (Å²) >= 11 is 1.86. The Kier molecular flexibility index (Phi) is 7.75. The molecule has 11 rings (SSSR count). The van der Waals surface area contributed by atoms with Crippen LogP contribution in [0.1, 0.15) is 0 Å². The Hall–Kier alpha value is -7.00. The number of thiophene rings is 1. The predicted molar refractivity (Wildman–Crippen MR) is 243 cm³/mol. The Labute approximate surface area is 330 Å². The molecule has 0 fully saturated rings. The smallest absolute Gasteiger partial charge is 0.0625 e. The number of hydrogen-bond donors (Lipinski definition) is 0. The Morgan fingerprint density at radius 2 is 0.821 bits per heavy atom. The van der Waals surface area contributed by atoms with Crippen LogP contribution in [0.4, 0.5) is 17.1 Å². The zero-order chi connectivity index (χ0) is 37.0. The van der Waals surface area contributed by atoms with Crippen molar-refractivity contribution >= 4 is 80.9 Å². The van der Waals surface area contributed by atoms with Crippen LogP contribution in [0.25, 0.3) is 85.9 Å². The molecule has 0 spiro atoms. The van der Waals surface area contributed by atoms with Gasteiger partial charge < -0.3 is 4.90 Å². The second kappa shape index (κ2) is 13.4. The van der Waals surface area contributed by atoms with Gasteiger partial charge in [-0.15, -0.1) is 11.3 Å². The third-order valence-electron chi connectivity index (χ3n) is 11.3. The predicted octanol–water partition coefficient (Wildman–Crippen LogP) is 16.0. The summed E-state index contributed by atoms with van der Waals surface area (Å²) in [6.07, 6.45) is 0. The van der Waals surface area contributed by atoms with Crippen LogP contribution < -0.4 is 4.90 Å². The summed E-state index contributed by atoms with van der Waals surface area (Å²) in [6, 6.07) is 77.9. The van der Waals surface area contributed by atoms with Gasteiger partial charge in [-0.2, -0.15) is 0 Å². The molecule has 0 aliphatic rings. The fourth-order valence-electron chi connectivity index (χ4n) is 8.73. The van der Waals surface area contributed by atoms with Gasteiger partial charge in [-0.05, 0) is 91.1 Å². The number of hydrogen-bond acceptors (Lipinski definition) is 2. The average molecular weight is 730 g/mol. The lowest BCUT2D eigenvalue weighted by Crippen LogP contribution is -2.12. The molecule has 1 aromatic heterocycles. The second-order valence-corrected chi connectivity index (χ2v) is 15.5. The monoisotopic (exact) mass is 729 g/mol. The van der Waals surface area contributed by atoms with Crippen molar-refractivity contribution < 1.29 is 0 Å². The van der Waals surface area contributed by atoms with Gasteiger partial charge in [0.15, 0.2) is 0 Å². The first kappa shape index (κ1) is 32.4. The Bertz CT molecular complexity index is 3240. The maximum atomic E-state index is 2.52. The highest BCUT2D eigenvalue weighted by Gasteiger charge is 2.25. The molecular formula is C54H35NS. The SMILES string of the molecule is c1ccc(-c2ccccc2-c2ccc(N(c3ccc4sc5ccccc5c4c3)c3c(-c4cccc5ccccc45)c4ccccc4c4ccccc34)cc2)cc1. The molecule has 1 nitrogen and oxygen atoms in total. The van der Waals surface area contributed by atoms with E-state index in [0.717, 1.165) is 11.4 Å². The number of benzene rings is 10. The minimum Gasteiger partial charge on any atom is -0.309 e. The van der Waals surface area contributed by atoms with Gasteiger partial charge in [0.05, 0.1) is 5.69 Å². The normalized spacial score (nSPS) is 11.6. The number of fused-ring (bicyclic) bond motifs is 7. The van der Waals surface area contributed by atoms with Crippen LogP contribution in [0, 0.1) is 0 Å². The molecule has 10 aromatic carbocycles. The van der Waals surface area contributed by atoms with E-state index in [4.69, 9.17) is 0 Å². The molecule has 11 aromatic rings. The summed E-state index contributed by atoms with van der Waals surface area (Å²) in [6.45, 7) is 0. The van der Waals surface area contributed by atoms with Gasteiger partial charge in [0.2, 0.25) is 0 Å². The molecule has 0 bridgehead atoms. The fraction of sp³-hybridized carbons (Fsp3) is 0. The molecule has 0 aliphatic heterocycles. The van der Waals surface area contributed by atoms with Gasteiger partial charge in [0.1, 0.15) is 0 Å². The van der Waals surface area contributed by atoms with Gasteiger partial charge in [-0.25, -0.2) is 0 Å². The van der Waals surface area contributed by atoms with Crippen molar-refractivity contribution in [3.05, 3.63) is 212 Å². The molecule has 0 unspecified atom stereocenters. The van der Waals surface area contributed by atoms with Gasteiger partial charge >= 0.3 is 0 Å². The maximum Gasteiger partial charge on any atom is 0.0625 e. The van der Waals surface area contributed by atoms with Crippen LogP contribution in [0.2, 0.25) is 0 Å². The van der Waals surface area contributed by atoms with Crippen molar-refractivity contribution in [1.29, 1.82) is 0 Å². The molecule has 56 heavy (non-hydrogen) atoms. The van der Waals surface area contributed by atoms with Gasteiger partial charge in [-0.3, -0.25) is 0 Å². The molecule has 1 heterocycles. The topological polar surface area (TPSA) is 3.24 Å². The summed E-state index contributed by atoms with van der Waals surface area (Å²) in [7, 11) is 0. The highest BCUT2D eigenvalue weighted by atomic mass is 32.1. The summed E-state index contributed by atoms with van der Waals surface area (Å²) in [5.74, 6) is 0. The lowest BCUT2D eigenvalue weighted by molar-refractivity contribution is 1.31. The molecule has 2 heteroatoms. The summed E-state index contributed by atoms with van der Waals surface area (Å²) in [5, 5.41) is 9.97. The van der Waals surface area contributed by atoms with Crippen molar-refractivity contribution in [1.82, 2.24) is 0 Å². The summed E-state index contributed by atoms with van der Waals surface area (Å²) in [4.78, 5) is 2.52. The molecular weight excluding hydrogens is 695 g/mol. The van der Waals surface area contributed by atoms with Crippen molar-refractivity contribution in [3.63, 3.8) is 0 Å². The van der Waals surface area contributed by atoms with Gasteiger partial charge in [0.25, 0.3) is 0 Å². The molecule has 0 radical (unpaired) electrons. The fourth-order valence-corrected chi connectivity index (χ4v) is 9.81.